The van der Waals surface area contributed by atoms with Crippen LogP contribution < -0.4 is 10.1 Å². The van der Waals surface area contributed by atoms with Gasteiger partial charge in [-0.15, -0.1) is 6.58 Å². The van der Waals surface area contributed by atoms with Crippen LogP contribution in [0.1, 0.15) is 21.9 Å². The second-order valence-electron chi connectivity index (χ2n) is 6.60. The summed E-state index contributed by atoms with van der Waals surface area (Å²) in [6.45, 7) is 4.00. The second kappa shape index (κ2) is 8.97. The van der Waals surface area contributed by atoms with Crippen LogP contribution in [0, 0.1) is 0 Å². The highest BCUT2D eigenvalue weighted by atomic mass is 79.9. The number of anilines is 1. The zero-order valence-electron chi connectivity index (χ0n) is 16.1. The largest absolute Gasteiger partial charge is 0.485 e. The number of hydrogen-bond donors (Lipinski definition) is 1. The van der Waals surface area contributed by atoms with E-state index in [2.05, 4.69) is 32.8 Å². The molecule has 0 unspecified atom stereocenters. The van der Waals surface area contributed by atoms with Crippen molar-refractivity contribution in [3.05, 3.63) is 101 Å². The quantitative estimate of drug-likeness (QED) is 0.334. The van der Waals surface area contributed by atoms with Crippen molar-refractivity contribution in [1.82, 2.24) is 4.98 Å². The zero-order chi connectivity index (χ0) is 20.9. The molecule has 2 aromatic heterocycles. The van der Waals surface area contributed by atoms with Crippen molar-refractivity contribution in [1.29, 1.82) is 0 Å². The van der Waals surface area contributed by atoms with Gasteiger partial charge in [0.05, 0.1) is 11.2 Å². The highest BCUT2D eigenvalue weighted by molar-refractivity contribution is 9.10. The van der Waals surface area contributed by atoms with Crippen LogP contribution in [-0.4, -0.2) is 10.9 Å². The Kier molecular flexibility index (Phi) is 5.95. The van der Waals surface area contributed by atoms with Crippen molar-refractivity contribution in [3.8, 4) is 5.75 Å². The average Bonchev–Trinajstić information content (AvgIpc) is 3.25. The summed E-state index contributed by atoms with van der Waals surface area (Å²) < 4.78 is 12.5. The summed E-state index contributed by atoms with van der Waals surface area (Å²) in [7, 11) is 0. The van der Waals surface area contributed by atoms with Crippen LogP contribution in [-0.2, 0) is 13.0 Å². The Balaban J connectivity index is 1.46. The van der Waals surface area contributed by atoms with Gasteiger partial charge in [-0.1, -0.05) is 46.3 Å². The lowest BCUT2D eigenvalue weighted by Gasteiger charge is -2.09. The minimum atomic E-state index is -0.345. The fourth-order valence-corrected chi connectivity index (χ4v) is 3.57. The highest BCUT2D eigenvalue weighted by Gasteiger charge is 2.15. The van der Waals surface area contributed by atoms with Crippen molar-refractivity contribution >= 4 is 38.4 Å². The number of rotatable bonds is 7. The van der Waals surface area contributed by atoms with Crippen LogP contribution in [0.2, 0.25) is 0 Å². The summed E-state index contributed by atoms with van der Waals surface area (Å²) in [6, 6.07) is 18.6. The molecular weight excluding hydrogens is 444 g/mol. The number of benzene rings is 2. The molecule has 0 saturated carbocycles. The molecule has 0 atom stereocenters. The Morgan fingerprint density at radius 3 is 2.87 bits per heavy atom. The fraction of sp³-hybridized carbons (Fsp3) is 0.0833. The third-order valence-corrected chi connectivity index (χ3v) is 5.25. The standard InChI is InChI=1S/C24H19BrN2O3/c1-2-6-16-7-3-4-9-21(16)29-15-17-10-13-22(30-17)24(28)27-20-12-11-19(25)18-8-5-14-26-23(18)20/h2-5,7-14H,1,6,15H2,(H,27,28). The van der Waals surface area contributed by atoms with Gasteiger partial charge in [0.15, 0.2) is 5.76 Å². The summed E-state index contributed by atoms with van der Waals surface area (Å²) in [6.07, 6.45) is 4.24. The van der Waals surface area contributed by atoms with Gasteiger partial charge in [0.2, 0.25) is 0 Å². The normalized spacial score (nSPS) is 10.7. The number of furan rings is 1. The lowest BCUT2D eigenvalue weighted by molar-refractivity contribution is 0.0992. The van der Waals surface area contributed by atoms with E-state index in [1.165, 1.54) is 0 Å². The number of nitrogens with zero attached hydrogens (tertiary/aromatic N) is 1. The first kappa shape index (κ1) is 19.9. The number of pyridine rings is 1. The smallest absolute Gasteiger partial charge is 0.291 e. The maximum Gasteiger partial charge on any atom is 0.291 e. The Bertz CT molecular complexity index is 1220. The first-order chi connectivity index (χ1) is 14.7. The molecule has 30 heavy (non-hydrogen) atoms. The molecule has 0 aliphatic heterocycles. The van der Waals surface area contributed by atoms with E-state index in [4.69, 9.17) is 9.15 Å². The lowest BCUT2D eigenvalue weighted by Crippen LogP contribution is -2.11. The SMILES string of the molecule is C=CCc1ccccc1OCc1ccc(C(=O)Nc2ccc(Br)c3cccnc23)o1. The highest BCUT2D eigenvalue weighted by Crippen LogP contribution is 2.29. The second-order valence-corrected chi connectivity index (χ2v) is 7.46. The number of carbonyl (C=O) groups is 1. The third kappa shape index (κ3) is 4.28. The van der Waals surface area contributed by atoms with Gasteiger partial charge in [-0.3, -0.25) is 9.78 Å². The Morgan fingerprint density at radius 2 is 2.00 bits per heavy atom. The molecule has 0 bridgehead atoms. The van der Waals surface area contributed by atoms with Crippen LogP contribution in [0.4, 0.5) is 5.69 Å². The van der Waals surface area contributed by atoms with Gasteiger partial charge in [0.1, 0.15) is 18.1 Å². The summed E-state index contributed by atoms with van der Waals surface area (Å²) in [5, 5.41) is 3.79. The molecule has 1 N–H and O–H groups in total. The van der Waals surface area contributed by atoms with E-state index in [1.807, 2.05) is 48.5 Å². The molecule has 4 aromatic rings. The van der Waals surface area contributed by atoms with Crippen molar-refractivity contribution < 1.29 is 13.9 Å². The first-order valence-corrected chi connectivity index (χ1v) is 10.2. The molecule has 0 saturated heterocycles. The van der Waals surface area contributed by atoms with Crippen LogP contribution >= 0.6 is 15.9 Å². The van der Waals surface area contributed by atoms with Gasteiger partial charge >= 0.3 is 0 Å². The van der Waals surface area contributed by atoms with Crippen molar-refractivity contribution in [3.63, 3.8) is 0 Å². The number of fused-ring (bicyclic) bond motifs is 1. The summed E-state index contributed by atoms with van der Waals surface area (Å²) in [4.78, 5) is 17.1. The molecule has 0 spiro atoms. The minimum absolute atomic E-state index is 0.208. The van der Waals surface area contributed by atoms with E-state index in [0.717, 1.165) is 27.6 Å². The predicted molar refractivity (Wildman–Crippen MR) is 121 cm³/mol. The van der Waals surface area contributed by atoms with E-state index in [1.54, 1.807) is 24.4 Å². The Labute approximate surface area is 182 Å². The lowest BCUT2D eigenvalue weighted by atomic mass is 10.1. The monoisotopic (exact) mass is 462 g/mol. The number of aromatic nitrogens is 1. The van der Waals surface area contributed by atoms with Crippen LogP contribution in [0.25, 0.3) is 10.9 Å². The molecule has 6 heteroatoms. The van der Waals surface area contributed by atoms with Crippen molar-refractivity contribution in [2.75, 3.05) is 5.32 Å². The molecule has 2 aromatic carbocycles. The van der Waals surface area contributed by atoms with E-state index in [-0.39, 0.29) is 18.3 Å². The van der Waals surface area contributed by atoms with Crippen LogP contribution in [0.15, 0.2) is 88.4 Å². The number of allylic oxidation sites excluding steroid dienone is 1. The predicted octanol–water partition coefficient (Wildman–Crippen LogP) is 6.15. The number of amides is 1. The molecule has 2 heterocycles. The Hall–Kier alpha value is -3.38. The van der Waals surface area contributed by atoms with Gasteiger partial charge in [-0.25, -0.2) is 0 Å². The van der Waals surface area contributed by atoms with Gasteiger partial charge in [-0.2, -0.15) is 0 Å². The number of hydrogen-bond acceptors (Lipinski definition) is 4. The van der Waals surface area contributed by atoms with E-state index < -0.39 is 0 Å². The third-order valence-electron chi connectivity index (χ3n) is 4.56. The number of ether oxygens (including phenoxy) is 1. The summed E-state index contributed by atoms with van der Waals surface area (Å²) >= 11 is 3.51. The molecule has 0 aliphatic rings. The van der Waals surface area contributed by atoms with E-state index >= 15 is 0 Å². The number of halogens is 1. The molecule has 1 amide bonds. The molecule has 0 radical (unpaired) electrons. The summed E-state index contributed by atoms with van der Waals surface area (Å²) in [5.41, 5.74) is 2.37. The number of carbonyl (C=O) groups excluding carboxylic acids is 1. The molecule has 0 fully saturated rings. The van der Waals surface area contributed by atoms with Crippen molar-refractivity contribution in [2.24, 2.45) is 0 Å². The number of nitrogens with one attached hydrogen (secondary N) is 1. The first-order valence-electron chi connectivity index (χ1n) is 9.40. The molecule has 4 rings (SSSR count). The fourth-order valence-electron chi connectivity index (χ4n) is 3.12. The Morgan fingerprint density at radius 1 is 1.13 bits per heavy atom. The maximum absolute atomic E-state index is 12.7. The van der Waals surface area contributed by atoms with Crippen LogP contribution in [0.3, 0.4) is 0 Å². The molecular formula is C24H19BrN2O3. The zero-order valence-corrected chi connectivity index (χ0v) is 17.7. The topological polar surface area (TPSA) is 64.4 Å². The average molecular weight is 463 g/mol. The van der Waals surface area contributed by atoms with Crippen molar-refractivity contribution in [2.45, 2.75) is 13.0 Å². The molecule has 150 valence electrons. The van der Waals surface area contributed by atoms with E-state index in [0.29, 0.717) is 17.0 Å². The van der Waals surface area contributed by atoms with E-state index in [9.17, 15) is 4.79 Å². The van der Waals surface area contributed by atoms with Crippen LogP contribution in [0.5, 0.6) is 5.75 Å². The van der Waals surface area contributed by atoms with Gasteiger partial charge in [0, 0.05) is 16.1 Å². The van der Waals surface area contributed by atoms with Gasteiger partial charge in [-0.05, 0) is 48.4 Å². The molecule has 5 nitrogen and oxygen atoms in total. The van der Waals surface area contributed by atoms with Gasteiger partial charge in [0.25, 0.3) is 5.91 Å². The van der Waals surface area contributed by atoms with Gasteiger partial charge < -0.3 is 14.5 Å². The number of para-hydroxylation sites is 1. The summed E-state index contributed by atoms with van der Waals surface area (Å²) in [5.74, 6) is 1.20. The minimum Gasteiger partial charge on any atom is -0.485 e. The molecule has 0 aliphatic carbocycles. The maximum atomic E-state index is 12.7.